The Hall–Kier alpha value is -3.26. The number of aromatic hydroxyl groups is 1. The van der Waals surface area contributed by atoms with Crippen LogP contribution in [0.25, 0.3) is 10.9 Å². The van der Waals surface area contributed by atoms with Gasteiger partial charge in [-0.05, 0) is 36.2 Å². The fraction of sp³-hybridized carbons (Fsp3) is 0.333. The summed E-state index contributed by atoms with van der Waals surface area (Å²) in [5.74, 6) is 1.15. The van der Waals surface area contributed by atoms with Crippen molar-refractivity contribution >= 4 is 22.6 Å². The molecule has 1 aliphatic rings. The maximum Gasteiger partial charge on any atom is 0.258 e. The summed E-state index contributed by atoms with van der Waals surface area (Å²) in [5.41, 5.74) is 3.07. The van der Waals surface area contributed by atoms with Gasteiger partial charge >= 0.3 is 0 Å². The van der Waals surface area contributed by atoms with Gasteiger partial charge in [-0.15, -0.1) is 0 Å². The third-order valence-corrected chi connectivity index (χ3v) is 5.00. The molecule has 0 radical (unpaired) electrons. The van der Waals surface area contributed by atoms with Crippen LogP contribution in [-0.4, -0.2) is 53.0 Å². The molecule has 0 aliphatic carbocycles. The summed E-state index contributed by atoms with van der Waals surface area (Å²) in [6.45, 7) is 4.65. The van der Waals surface area contributed by atoms with Gasteiger partial charge in [-0.25, -0.2) is 0 Å². The van der Waals surface area contributed by atoms with Crippen molar-refractivity contribution < 1.29 is 19.4 Å². The number of nitrogens with zero attached hydrogens (tertiary/aromatic N) is 2. The fourth-order valence-corrected chi connectivity index (χ4v) is 3.54. The zero-order valence-electron chi connectivity index (χ0n) is 16.5. The van der Waals surface area contributed by atoms with E-state index in [2.05, 4.69) is 15.5 Å². The predicted octanol–water partition coefficient (Wildman–Crippen LogP) is 2.88. The van der Waals surface area contributed by atoms with Gasteiger partial charge in [0.2, 0.25) is 0 Å². The Bertz CT molecular complexity index is 1050. The van der Waals surface area contributed by atoms with Gasteiger partial charge in [-0.1, -0.05) is 6.07 Å². The van der Waals surface area contributed by atoms with Crippen molar-refractivity contribution in [3.8, 4) is 11.5 Å². The minimum Gasteiger partial charge on any atom is -0.507 e. The molecule has 3 N–H and O–H groups in total. The molecule has 0 saturated carbocycles. The average molecular weight is 396 g/mol. The van der Waals surface area contributed by atoms with Crippen molar-refractivity contribution in [3.63, 3.8) is 0 Å². The number of aromatic amines is 1. The van der Waals surface area contributed by atoms with E-state index in [1.54, 1.807) is 24.1 Å². The van der Waals surface area contributed by atoms with Crippen LogP contribution in [0.4, 0.5) is 5.82 Å². The highest BCUT2D eigenvalue weighted by Gasteiger charge is 2.27. The highest BCUT2D eigenvalue weighted by molar-refractivity contribution is 6.03. The quantitative estimate of drug-likeness (QED) is 0.531. The second-order valence-corrected chi connectivity index (χ2v) is 6.95. The SMILES string of the molecule is CCNc1n[nH]c2cc(O)c(C(=O)N3Cc4ccc(OCCOC)cc4C3)cc12. The molecule has 0 atom stereocenters. The Morgan fingerprint density at radius 2 is 2.07 bits per heavy atom. The smallest absolute Gasteiger partial charge is 0.258 e. The Morgan fingerprint density at radius 3 is 2.86 bits per heavy atom. The average Bonchev–Trinajstić information content (AvgIpc) is 3.31. The van der Waals surface area contributed by atoms with Gasteiger partial charge in [0.05, 0.1) is 17.7 Å². The van der Waals surface area contributed by atoms with E-state index in [9.17, 15) is 9.90 Å². The number of carbonyl (C=O) groups is 1. The Kier molecular flexibility index (Phi) is 5.26. The topological polar surface area (TPSA) is 99.7 Å². The zero-order chi connectivity index (χ0) is 20.4. The molecule has 0 spiro atoms. The van der Waals surface area contributed by atoms with E-state index in [-0.39, 0.29) is 17.2 Å². The monoisotopic (exact) mass is 396 g/mol. The minimum absolute atomic E-state index is 0.0613. The molecule has 29 heavy (non-hydrogen) atoms. The number of nitrogens with one attached hydrogen (secondary N) is 2. The number of rotatable bonds is 7. The van der Waals surface area contributed by atoms with Crippen molar-refractivity contribution in [2.45, 2.75) is 20.0 Å². The number of H-pyrrole nitrogens is 1. The van der Waals surface area contributed by atoms with Crippen LogP contribution in [-0.2, 0) is 17.8 Å². The number of benzene rings is 2. The lowest BCUT2D eigenvalue weighted by Gasteiger charge is -2.16. The second-order valence-electron chi connectivity index (χ2n) is 6.95. The number of phenolic OH excluding ortho intramolecular Hbond substituents is 1. The molecular weight excluding hydrogens is 372 g/mol. The van der Waals surface area contributed by atoms with E-state index in [1.165, 1.54) is 0 Å². The molecular formula is C21H24N4O4. The van der Waals surface area contributed by atoms with Gasteiger partial charge < -0.3 is 24.8 Å². The number of phenols is 1. The third-order valence-electron chi connectivity index (χ3n) is 5.00. The first-order valence-corrected chi connectivity index (χ1v) is 9.58. The number of carbonyl (C=O) groups excluding carboxylic acids is 1. The highest BCUT2D eigenvalue weighted by Crippen LogP contribution is 2.32. The number of hydrogen-bond donors (Lipinski definition) is 3. The van der Waals surface area contributed by atoms with Crippen LogP contribution in [0.5, 0.6) is 11.5 Å². The highest BCUT2D eigenvalue weighted by atomic mass is 16.5. The summed E-state index contributed by atoms with van der Waals surface area (Å²) in [6.07, 6.45) is 0. The van der Waals surface area contributed by atoms with Gasteiger partial charge in [-0.3, -0.25) is 9.89 Å². The van der Waals surface area contributed by atoms with Crippen molar-refractivity contribution in [2.24, 2.45) is 0 Å². The van der Waals surface area contributed by atoms with Crippen LogP contribution < -0.4 is 10.1 Å². The van der Waals surface area contributed by atoms with Crippen LogP contribution in [0.2, 0.25) is 0 Å². The number of methoxy groups -OCH3 is 1. The summed E-state index contributed by atoms with van der Waals surface area (Å²) in [5, 5.41) is 21.4. The molecule has 0 saturated heterocycles. The molecule has 8 heteroatoms. The van der Waals surface area contributed by atoms with Crippen LogP contribution >= 0.6 is 0 Å². The second kappa shape index (κ2) is 8.00. The molecule has 8 nitrogen and oxygen atoms in total. The first-order valence-electron chi connectivity index (χ1n) is 9.58. The van der Waals surface area contributed by atoms with Crippen LogP contribution in [0, 0.1) is 0 Å². The van der Waals surface area contributed by atoms with Crippen molar-refractivity contribution in [1.29, 1.82) is 0 Å². The summed E-state index contributed by atoms with van der Waals surface area (Å²) in [6, 6.07) is 9.08. The van der Waals surface area contributed by atoms with Gasteiger partial charge in [0.25, 0.3) is 5.91 Å². The summed E-state index contributed by atoms with van der Waals surface area (Å²) >= 11 is 0. The van der Waals surface area contributed by atoms with E-state index in [0.717, 1.165) is 22.3 Å². The fourth-order valence-electron chi connectivity index (χ4n) is 3.54. The molecule has 0 fully saturated rings. The lowest BCUT2D eigenvalue weighted by molar-refractivity contribution is 0.0748. The molecule has 152 valence electrons. The van der Waals surface area contributed by atoms with E-state index < -0.39 is 0 Å². The van der Waals surface area contributed by atoms with E-state index >= 15 is 0 Å². The van der Waals surface area contributed by atoms with Gasteiger partial charge in [0.15, 0.2) is 5.82 Å². The van der Waals surface area contributed by atoms with E-state index in [4.69, 9.17) is 9.47 Å². The van der Waals surface area contributed by atoms with Crippen molar-refractivity contribution in [3.05, 3.63) is 47.0 Å². The van der Waals surface area contributed by atoms with Gasteiger partial charge in [-0.2, -0.15) is 5.10 Å². The Balaban J connectivity index is 1.55. The Morgan fingerprint density at radius 1 is 1.24 bits per heavy atom. The zero-order valence-corrected chi connectivity index (χ0v) is 16.5. The van der Waals surface area contributed by atoms with E-state index in [1.807, 2.05) is 25.1 Å². The first kappa shape index (κ1) is 19.1. The molecule has 4 rings (SSSR count). The van der Waals surface area contributed by atoms with Gasteiger partial charge in [0, 0.05) is 38.2 Å². The molecule has 1 aliphatic heterocycles. The maximum atomic E-state index is 13.1. The lowest BCUT2D eigenvalue weighted by atomic mass is 10.1. The molecule has 3 aromatic rings. The summed E-state index contributed by atoms with van der Waals surface area (Å²) in [7, 11) is 1.63. The largest absolute Gasteiger partial charge is 0.507 e. The molecule has 1 aromatic heterocycles. The predicted molar refractivity (Wildman–Crippen MR) is 109 cm³/mol. The number of fused-ring (bicyclic) bond motifs is 2. The van der Waals surface area contributed by atoms with Crippen LogP contribution in [0.3, 0.4) is 0 Å². The molecule has 2 heterocycles. The number of hydrogen-bond acceptors (Lipinski definition) is 6. The minimum atomic E-state index is -0.217. The van der Waals surface area contributed by atoms with Crippen molar-refractivity contribution in [2.75, 3.05) is 32.2 Å². The van der Waals surface area contributed by atoms with Gasteiger partial charge in [0.1, 0.15) is 18.1 Å². The lowest BCUT2D eigenvalue weighted by Crippen LogP contribution is -2.25. The molecule has 0 unspecified atom stereocenters. The molecule has 2 aromatic carbocycles. The van der Waals surface area contributed by atoms with Crippen LogP contribution in [0.1, 0.15) is 28.4 Å². The van der Waals surface area contributed by atoms with Crippen molar-refractivity contribution in [1.82, 2.24) is 15.1 Å². The summed E-state index contributed by atoms with van der Waals surface area (Å²) in [4.78, 5) is 14.9. The normalized spacial score (nSPS) is 13.0. The first-order chi connectivity index (χ1) is 14.1. The molecule has 0 bridgehead atoms. The number of aromatic nitrogens is 2. The van der Waals surface area contributed by atoms with Crippen LogP contribution in [0.15, 0.2) is 30.3 Å². The Labute approximate surface area is 168 Å². The molecule has 1 amide bonds. The standard InChI is InChI=1S/C21H24N4O4/c1-3-22-20-16-9-17(19(26)10-18(16)23-24-20)21(27)25-11-13-4-5-15(8-14(13)12-25)29-7-6-28-2/h4-5,8-10,26H,3,6-7,11-12H2,1-2H3,(H2,22,23,24). The number of anilines is 1. The third kappa shape index (κ3) is 3.71. The van der Waals surface area contributed by atoms with E-state index in [0.29, 0.717) is 44.2 Å². The number of ether oxygens (including phenoxy) is 2. The maximum absolute atomic E-state index is 13.1. The summed E-state index contributed by atoms with van der Waals surface area (Å²) < 4.78 is 10.7. The number of amides is 1.